The predicted molar refractivity (Wildman–Crippen MR) is 341 cm³/mol. The van der Waals surface area contributed by atoms with Gasteiger partial charge in [0.2, 0.25) is 0 Å². The number of benzene rings is 3. The highest BCUT2D eigenvalue weighted by molar-refractivity contribution is 8.76. The summed E-state index contributed by atoms with van der Waals surface area (Å²) < 4.78 is 7.05. The summed E-state index contributed by atoms with van der Waals surface area (Å²) in [7, 11) is 3.27. The van der Waals surface area contributed by atoms with Crippen molar-refractivity contribution in [3.05, 3.63) is 153 Å². The third-order valence-electron chi connectivity index (χ3n) is 24.4. The number of aromatic hydroxyl groups is 1. The Bertz CT molecular complexity index is 3280. The lowest BCUT2D eigenvalue weighted by Gasteiger charge is -2.72. The SMILES string of the molecule is CCC1Cc2cc(O)c(OC3CC(Cc4ccc[nH]4)C4=CCNC(N)=C4CSSCC(CO)C3O)cc2C2CC(O)C3C(C#CC4(CC(O)CCC3O)CC(c3ccccc3)C3Cc5ccccc5CC56CCCC5CCC35C4C(O)CCC65)C=C12. The zero-order valence-corrected chi connectivity index (χ0v) is 51.7. The molecule has 1 saturated heterocycles. The lowest BCUT2D eigenvalue weighted by Crippen LogP contribution is -2.68. The summed E-state index contributed by atoms with van der Waals surface area (Å²) in [6.45, 7) is 2.55. The maximum Gasteiger partial charge on any atom is 0.161 e. The molecule has 20 unspecified atom stereocenters. The Kier molecular flexibility index (Phi) is 16.4. The molecule has 4 aromatic rings. The number of ether oxygens (including phenoxy) is 1. The Labute approximate surface area is 517 Å². The maximum absolute atomic E-state index is 13.2. The Hall–Kier alpha value is -4.62. The number of aromatic amines is 1. The summed E-state index contributed by atoms with van der Waals surface area (Å²) in [6, 6.07) is 28.3. The first kappa shape index (κ1) is 59.0. The average Bonchev–Trinajstić information content (AvgIpc) is 1.03. The number of phenolic OH excluding ortho intramolecular Hbond substituents is 1. The monoisotopic (exact) mass is 1200 g/mol. The first-order chi connectivity index (χ1) is 41.8. The van der Waals surface area contributed by atoms with E-state index in [9.17, 15) is 35.7 Å². The van der Waals surface area contributed by atoms with Crippen molar-refractivity contribution in [2.45, 2.75) is 171 Å². The van der Waals surface area contributed by atoms with E-state index in [0.29, 0.717) is 80.7 Å². The topological polar surface area (TPSA) is 205 Å². The molecule has 14 rings (SSSR count). The van der Waals surface area contributed by atoms with E-state index in [1.54, 1.807) is 21.6 Å². The number of aromatic nitrogens is 1. The lowest BCUT2D eigenvalue weighted by atomic mass is 9.32. The number of rotatable bonds is 7. The number of hydrogen-bond acceptors (Lipinski definition) is 12. The second-order valence-electron chi connectivity index (χ2n) is 28.4. The third-order valence-corrected chi connectivity index (χ3v) is 26.8. The molecule has 11 N–H and O–H groups in total. The molecular weight excluding hydrogens is 1110 g/mol. The minimum absolute atomic E-state index is 0.0192. The highest BCUT2D eigenvalue weighted by atomic mass is 33.1. The molecule has 0 radical (unpaired) electrons. The normalized spacial score (nSPS) is 40.2. The molecule has 11 nitrogen and oxygen atoms in total. The summed E-state index contributed by atoms with van der Waals surface area (Å²) in [6.07, 6.45) is 15.7. The molecule has 20 atom stereocenters. The molecule has 0 amide bonds. The Morgan fingerprint density at radius 3 is 2.45 bits per heavy atom. The third kappa shape index (κ3) is 10.2. The van der Waals surface area contributed by atoms with Crippen LogP contribution >= 0.6 is 21.6 Å². The van der Waals surface area contributed by atoms with Crippen LogP contribution in [0.4, 0.5) is 0 Å². The van der Waals surface area contributed by atoms with E-state index in [0.717, 1.165) is 79.3 Å². The number of aliphatic hydroxyl groups is 6. The van der Waals surface area contributed by atoms with Gasteiger partial charge in [-0.05, 0) is 213 Å². The van der Waals surface area contributed by atoms with Gasteiger partial charge in [-0.15, -0.1) is 0 Å². The van der Waals surface area contributed by atoms with Gasteiger partial charge in [-0.1, -0.05) is 119 Å². The van der Waals surface area contributed by atoms with Crippen molar-refractivity contribution in [1.29, 1.82) is 0 Å². The van der Waals surface area contributed by atoms with Crippen molar-refractivity contribution >= 4 is 21.6 Å². The number of phenols is 1. The minimum Gasteiger partial charge on any atom is -0.504 e. The molecule has 8 aliphatic carbocycles. The second-order valence-corrected chi connectivity index (χ2v) is 30.9. The molecule has 1 aromatic heterocycles. The number of nitrogens with two attached hydrogens (primary N) is 1. The van der Waals surface area contributed by atoms with Crippen LogP contribution in [0.15, 0.2) is 120 Å². The molecule has 458 valence electrons. The van der Waals surface area contributed by atoms with Gasteiger partial charge in [0.25, 0.3) is 0 Å². The van der Waals surface area contributed by atoms with Crippen LogP contribution in [0, 0.1) is 81.3 Å². The van der Waals surface area contributed by atoms with E-state index in [4.69, 9.17) is 10.5 Å². The fraction of sp³-hybridized carbons (Fsp3) is 0.589. The molecule has 5 fully saturated rings. The van der Waals surface area contributed by atoms with E-state index in [1.165, 1.54) is 41.5 Å². The molecule has 86 heavy (non-hydrogen) atoms. The quantitative estimate of drug-likeness (QED) is 0.0477. The molecule has 3 aromatic carbocycles. The van der Waals surface area contributed by atoms with E-state index in [1.807, 2.05) is 24.4 Å². The van der Waals surface area contributed by atoms with Gasteiger partial charge in [-0.25, -0.2) is 0 Å². The highest BCUT2D eigenvalue weighted by Crippen LogP contribution is 2.77. The molecule has 2 aliphatic heterocycles. The van der Waals surface area contributed by atoms with Gasteiger partial charge in [0.05, 0.1) is 30.5 Å². The van der Waals surface area contributed by atoms with Crippen LogP contribution in [-0.4, -0.2) is 102 Å². The number of hydrogen-bond donors (Lipinski definition) is 10. The summed E-state index contributed by atoms with van der Waals surface area (Å²) in [5.74, 6) is 9.48. The molecule has 4 saturated carbocycles. The van der Waals surface area contributed by atoms with Crippen molar-refractivity contribution in [1.82, 2.24) is 10.3 Å². The average molecular weight is 1200 g/mol. The number of nitrogens with one attached hydrogen (secondary N) is 2. The summed E-state index contributed by atoms with van der Waals surface area (Å²) in [4.78, 5) is 3.40. The van der Waals surface area contributed by atoms with Crippen molar-refractivity contribution in [2.24, 2.45) is 75.2 Å². The van der Waals surface area contributed by atoms with E-state index in [-0.39, 0.29) is 64.4 Å². The van der Waals surface area contributed by atoms with Crippen LogP contribution in [0.5, 0.6) is 11.5 Å². The van der Waals surface area contributed by atoms with Crippen molar-refractivity contribution in [3.63, 3.8) is 0 Å². The minimum atomic E-state index is -1.08. The van der Waals surface area contributed by atoms with Crippen molar-refractivity contribution < 1.29 is 40.5 Å². The molecule has 2 bridgehead atoms. The van der Waals surface area contributed by atoms with Gasteiger partial charge in [0, 0.05) is 77.1 Å². The number of fused-ring (bicyclic) bond motifs is 7. The lowest BCUT2D eigenvalue weighted by molar-refractivity contribution is -0.239. The molecule has 13 heteroatoms. The van der Waals surface area contributed by atoms with Gasteiger partial charge in [0.15, 0.2) is 11.5 Å². The largest absolute Gasteiger partial charge is 0.504 e. The van der Waals surface area contributed by atoms with Crippen LogP contribution < -0.4 is 15.8 Å². The Morgan fingerprint density at radius 1 is 0.814 bits per heavy atom. The second kappa shape index (κ2) is 24.0. The Morgan fingerprint density at radius 2 is 1.64 bits per heavy atom. The first-order valence-corrected chi connectivity index (χ1v) is 35.5. The summed E-state index contributed by atoms with van der Waals surface area (Å²) in [5, 5.41) is 90.3. The van der Waals surface area contributed by atoms with Gasteiger partial charge < -0.3 is 56.5 Å². The number of H-pyrrole nitrogens is 1. The summed E-state index contributed by atoms with van der Waals surface area (Å²) >= 11 is 0. The van der Waals surface area contributed by atoms with E-state index >= 15 is 0 Å². The maximum atomic E-state index is 13.2. The van der Waals surface area contributed by atoms with Gasteiger partial charge in [-0.3, -0.25) is 0 Å². The van der Waals surface area contributed by atoms with Crippen LogP contribution in [-0.2, 0) is 25.7 Å². The van der Waals surface area contributed by atoms with Crippen molar-refractivity contribution in [3.8, 4) is 23.3 Å². The molecular formula is C73H91N3O8S2. The zero-order chi connectivity index (χ0) is 59.1. The predicted octanol–water partition coefficient (Wildman–Crippen LogP) is 10.8. The molecule has 3 spiro atoms. The van der Waals surface area contributed by atoms with Crippen molar-refractivity contribution in [2.75, 3.05) is 24.7 Å². The molecule has 3 heterocycles. The zero-order valence-electron chi connectivity index (χ0n) is 50.0. The fourth-order valence-corrected chi connectivity index (χ4v) is 23.4. The van der Waals surface area contributed by atoms with Crippen LogP contribution in [0.2, 0.25) is 0 Å². The van der Waals surface area contributed by atoms with E-state index < -0.39 is 59.8 Å². The van der Waals surface area contributed by atoms with Crippen LogP contribution in [0.25, 0.3) is 0 Å². The highest BCUT2D eigenvalue weighted by Gasteiger charge is 2.72. The summed E-state index contributed by atoms with van der Waals surface area (Å²) in [5.41, 5.74) is 16.5. The first-order valence-electron chi connectivity index (χ1n) is 33.0. The number of aliphatic hydroxyl groups excluding tert-OH is 6. The van der Waals surface area contributed by atoms with Gasteiger partial charge in [0.1, 0.15) is 11.9 Å². The standard InChI is InChI=1S/C73H91N3O8S2/c1-2-42-28-47-32-62(81)64(84-65-33-48(29-51-15-9-26-75-51)53-22-27-76-70(74)58(53)41-86-85-40-49(39-77)68(65)83)35-55(47)56-34-63(82)67-45(30-54(42)56)20-24-71(37-52(78)16-17-60(67)79)38-57(43-10-4-3-5-11-43)59-31-44-12-6-7-13-46(44)36-72-23-8-14-50(72)21-25-73(59)66(72)19-18-61(80)69(71)73/h3-7,9-13,15,22,26,30,32,35,42,45,48-50,52,56-57,59-61,63,65-69,75-83H,2,8,14,16-19,21,23,25,27-29,31,33-34,36-41,74H2,1H3. The Balaban J connectivity index is 0.874. The fourth-order valence-electron chi connectivity index (χ4n) is 20.9. The van der Waals surface area contributed by atoms with E-state index in [2.05, 4.69) is 102 Å². The number of dihydropyridines is 1. The molecule has 10 aliphatic rings. The van der Waals surface area contributed by atoms with Gasteiger partial charge >= 0.3 is 0 Å². The van der Waals surface area contributed by atoms with Crippen LogP contribution in [0.1, 0.15) is 142 Å². The number of allylic oxidation sites excluding steroid dienone is 3. The smallest absolute Gasteiger partial charge is 0.161 e. The van der Waals surface area contributed by atoms with Gasteiger partial charge in [-0.2, -0.15) is 0 Å². The van der Waals surface area contributed by atoms with Crippen LogP contribution in [0.3, 0.4) is 0 Å².